The number of piperidine rings is 1. The van der Waals surface area contributed by atoms with Crippen LogP contribution in [-0.4, -0.2) is 33.9 Å². The number of hydrogen-bond donors (Lipinski definition) is 2. The van der Waals surface area contributed by atoms with Crippen LogP contribution in [0.2, 0.25) is 0 Å². The molecule has 2 heterocycles. The van der Waals surface area contributed by atoms with Crippen LogP contribution in [0.3, 0.4) is 0 Å². The zero-order valence-corrected chi connectivity index (χ0v) is 11.5. The second-order valence-electron chi connectivity index (χ2n) is 5.17. The first-order valence-electron chi connectivity index (χ1n) is 6.76. The number of guanidine groups is 1. The monoisotopic (exact) mass is 263 g/mol. The van der Waals surface area contributed by atoms with E-state index in [1.807, 2.05) is 18.7 Å². The van der Waals surface area contributed by atoms with E-state index in [9.17, 15) is 4.79 Å². The fourth-order valence-electron chi connectivity index (χ4n) is 2.11. The van der Waals surface area contributed by atoms with Crippen molar-refractivity contribution in [1.29, 1.82) is 0 Å². The minimum atomic E-state index is -0.191. The summed E-state index contributed by atoms with van der Waals surface area (Å²) >= 11 is 0. The van der Waals surface area contributed by atoms with Crippen molar-refractivity contribution in [1.82, 2.24) is 14.9 Å². The zero-order valence-electron chi connectivity index (χ0n) is 11.5. The lowest BCUT2D eigenvalue weighted by molar-refractivity contribution is 0.339. The minimum absolute atomic E-state index is 0.187. The smallest absolute Gasteiger partial charge is 0.252 e. The molecular weight excluding hydrogens is 242 g/mol. The van der Waals surface area contributed by atoms with E-state index in [2.05, 4.69) is 15.0 Å². The molecule has 6 heteroatoms. The molecule has 6 nitrogen and oxygen atoms in total. The molecule has 0 spiro atoms. The third-order valence-electron chi connectivity index (χ3n) is 3.24. The summed E-state index contributed by atoms with van der Waals surface area (Å²) in [5, 5.41) is 0. The molecule has 0 bridgehead atoms. The van der Waals surface area contributed by atoms with Crippen molar-refractivity contribution in [2.45, 2.75) is 39.0 Å². The summed E-state index contributed by atoms with van der Waals surface area (Å²) in [6.07, 6.45) is 3.50. The van der Waals surface area contributed by atoms with E-state index in [4.69, 9.17) is 5.73 Å². The number of hydrogen-bond acceptors (Lipinski definition) is 3. The third kappa shape index (κ3) is 3.56. The van der Waals surface area contributed by atoms with E-state index in [1.165, 1.54) is 12.5 Å². The van der Waals surface area contributed by atoms with Crippen molar-refractivity contribution in [2.75, 3.05) is 13.1 Å². The van der Waals surface area contributed by atoms with Crippen LogP contribution in [0.15, 0.2) is 15.9 Å². The maximum Gasteiger partial charge on any atom is 0.252 e. The number of nitrogens with two attached hydrogens (primary N) is 1. The van der Waals surface area contributed by atoms with Gasteiger partial charge in [0.25, 0.3) is 5.56 Å². The fraction of sp³-hybridized carbons (Fsp3) is 0.615. The average Bonchev–Trinajstić information content (AvgIpc) is 2.39. The summed E-state index contributed by atoms with van der Waals surface area (Å²) in [6, 6.07) is 1.50. The largest absolute Gasteiger partial charge is 0.369 e. The van der Waals surface area contributed by atoms with Crippen molar-refractivity contribution in [3.8, 4) is 0 Å². The molecule has 1 fully saturated rings. The Morgan fingerprint density at radius 2 is 2.11 bits per heavy atom. The lowest BCUT2D eigenvalue weighted by atomic mass is 10.1. The first kappa shape index (κ1) is 13.6. The number of aliphatic imine (C=N–C) groups is 1. The molecule has 0 unspecified atom stereocenters. The predicted octanol–water partition coefficient (Wildman–Crippen LogP) is 1.33. The molecule has 1 saturated heterocycles. The van der Waals surface area contributed by atoms with Crippen molar-refractivity contribution in [3.63, 3.8) is 0 Å². The lowest BCUT2D eigenvalue weighted by Gasteiger charge is -2.27. The minimum Gasteiger partial charge on any atom is -0.369 e. The fourth-order valence-corrected chi connectivity index (χ4v) is 2.11. The molecule has 0 amide bonds. The highest BCUT2D eigenvalue weighted by Crippen LogP contribution is 2.13. The van der Waals surface area contributed by atoms with Crippen LogP contribution >= 0.6 is 0 Å². The zero-order chi connectivity index (χ0) is 13.8. The summed E-state index contributed by atoms with van der Waals surface area (Å²) in [5.41, 5.74) is 6.51. The summed E-state index contributed by atoms with van der Waals surface area (Å²) < 4.78 is 0. The average molecular weight is 263 g/mol. The molecule has 1 aromatic heterocycles. The number of nitrogens with zero attached hydrogens (tertiary/aromatic N) is 3. The van der Waals surface area contributed by atoms with Crippen LogP contribution in [-0.2, 0) is 0 Å². The molecule has 0 radical (unpaired) electrons. The van der Waals surface area contributed by atoms with Gasteiger partial charge in [0.15, 0.2) is 5.96 Å². The Labute approximate surface area is 112 Å². The first-order valence-corrected chi connectivity index (χ1v) is 6.76. The van der Waals surface area contributed by atoms with Gasteiger partial charge in [-0.05, 0) is 25.2 Å². The highest BCUT2D eigenvalue weighted by Gasteiger charge is 2.13. The molecule has 104 valence electrons. The van der Waals surface area contributed by atoms with Gasteiger partial charge in [0.05, 0.1) is 5.69 Å². The van der Waals surface area contributed by atoms with Crippen molar-refractivity contribution in [2.24, 2.45) is 10.7 Å². The van der Waals surface area contributed by atoms with Crippen molar-refractivity contribution in [3.05, 3.63) is 22.1 Å². The second-order valence-corrected chi connectivity index (χ2v) is 5.17. The number of rotatable bonds is 2. The Kier molecular flexibility index (Phi) is 4.19. The summed E-state index contributed by atoms with van der Waals surface area (Å²) in [6.45, 7) is 5.82. The predicted molar refractivity (Wildman–Crippen MR) is 75.7 cm³/mol. The Morgan fingerprint density at radius 1 is 1.42 bits per heavy atom. The van der Waals surface area contributed by atoms with Gasteiger partial charge < -0.3 is 10.6 Å². The highest BCUT2D eigenvalue weighted by atomic mass is 16.1. The molecule has 0 saturated carbocycles. The van der Waals surface area contributed by atoms with Gasteiger partial charge in [-0.15, -0.1) is 0 Å². The maximum atomic E-state index is 11.6. The van der Waals surface area contributed by atoms with Crippen molar-refractivity contribution >= 4 is 11.9 Å². The number of aromatic amines is 1. The van der Waals surface area contributed by atoms with E-state index >= 15 is 0 Å². The van der Waals surface area contributed by atoms with Gasteiger partial charge in [0.2, 0.25) is 5.95 Å². The highest BCUT2D eigenvalue weighted by molar-refractivity contribution is 5.80. The third-order valence-corrected chi connectivity index (χ3v) is 3.24. The molecular formula is C13H21N5O. The lowest BCUT2D eigenvalue weighted by Crippen LogP contribution is -2.40. The van der Waals surface area contributed by atoms with Crippen LogP contribution in [0.25, 0.3) is 0 Å². The SMILES string of the molecule is CC(C)c1cc(=O)[nH]c(N=C(N)N2CCCCC2)n1. The van der Waals surface area contributed by atoms with Gasteiger partial charge in [-0.1, -0.05) is 13.8 Å². The number of H-pyrrole nitrogens is 1. The van der Waals surface area contributed by atoms with Gasteiger partial charge >= 0.3 is 0 Å². The summed E-state index contributed by atoms with van der Waals surface area (Å²) in [5.74, 6) is 0.912. The molecule has 2 rings (SSSR count). The summed E-state index contributed by atoms with van der Waals surface area (Å²) in [4.78, 5) is 24.8. The van der Waals surface area contributed by atoms with Crippen LogP contribution in [0.5, 0.6) is 0 Å². The molecule has 1 aromatic rings. The van der Waals surface area contributed by atoms with Gasteiger partial charge in [0, 0.05) is 19.2 Å². The Morgan fingerprint density at radius 3 is 2.74 bits per heavy atom. The van der Waals surface area contributed by atoms with E-state index in [0.717, 1.165) is 31.6 Å². The Balaban J connectivity index is 2.23. The molecule has 1 aliphatic rings. The standard InChI is InChI=1S/C13H21N5O/c1-9(2)10-8-11(19)16-13(15-10)17-12(14)18-6-4-3-5-7-18/h8-9H,3-7H2,1-2H3,(H3,14,15,16,17,19). The van der Waals surface area contributed by atoms with Gasteiger partial charge in [-0.3, -0.25) is 9.78 Å². The molecule has 0 aromatic carbocycles. The Bertz CT molecular complexity index is 514. The van der Waals surface area contributed by atoms with Crippen molar-refractivity contribution < 1.29 is 0 Å². The van der Waals surface area contributed by atoms with E-state index in [1.54, 1.807) is 0 Å². The maximum absolute atomic E-state index is 11.6. The van der Waals surface area contributed by atoms with E-state index in [0.29, 0.717) is 11.9 Å². The van der Waals surface area contributed by atoms with Gasteiger partial charge in [-0.25, -0.2) is 4.98 Å². The van der Waals surface area contributed by atoms with Gasteiger partial charge in [0.1, 0.15) is 0 Å². The number of aromatic nitrogens is 2. The molecule has 19 heavy (non-hydrogen) atoms. The van der Waals surface area contributed by atoms with Crippen LogP contribution in [0, 0.1) is 0 Å². The number of likely N-dealkylation sites (tertiary alicyclic amines) is 1. The normalized spacial score (nSPS) is 17.0. The summed E-state index contributed by atoms with van der Waals surface area (Å²) in [7, 11) is 0. The quantitative estimate of drug-likeness (QED) is 0.622. The van der Waals surface area contributed by atoms with E-state index < -0.39 is 0 Å². The van der Waals surface area contributed by atoms with Gasteiger partial charge in [-0.2, -0.15) is 4.99 Å². The van der Waals surface area contributed by atoms with Crippen LogP contribution in [0.4, 0.5) is 5.95 Å². The van der Waals surface area contributed by atoms with Crippen LogP contribution in [0.1, 0.15) is 44.7 Å². The molecule has 1 aliphatic heterocycles. The topological polar surface area (TPSA) is 87.4 Å². The Hall–Kier alpha value is -1.85. The number of nitrogens with one attached hydrogen (secondary N) is 1. The molecule has 0 aliphatic carbocycles. The van der Waals surface area contributed by atoms with E-state index in [-0.39, 0.29) is 11.5 Å². The second kappa shape index (κ2) is 5.86. The first-order chi connectivity index (χ1) is 9.06. The van der Waals surface area contributed by atoms with Crippen LogP contribution < -0.4 is 11.3 Å². The molecule has 0 atom stereocenters. The molecule has 3 N–H and O–H groups in total.